The molecule has 2 atom stereocenters. The molecule has 2 unspecified atom stereocenters. The fraction of sp³-hybridized carbons (Fsp3) is 1.00. The van der Waals surface area contributed by atoms with Gasteiger partial charge in [0.25, 0.3) is 0 Å². The predicted octanol–water partition coefficient (Wildman–Crippen LogP) is 2.10. The van der Waals surface area contributed by atoms with E-state index < -0.39 is 0 Å². The number of nitrogens with one attached hydrogen (secondary N) is 1. The van der Waals surface area contributed by atoms with Gasteiger partial charge in [0.2, 0.25) is 0 Å². The van der Waals surface area contributed by atoms with E-state index in [1.54, 1.807) is 0 Å². The molecule has 0 spiro atoms. The fourth-order valence-electron chi connectivity index (χ4n) is 2.37. The van der Waals surface area contributed by atoms with Gasteiger partial charge in [0.05, 0.1) is 0 Å². The van der Waals surface area contributed by atoms with Gasteiger partial charge in [-0.1, -0.05) is 27.2 Å². The molecule has 1 heterocycles. The maximum atomic E-state index is 3.66. The minimum atomic E-state index is 0.730. The molecular formula is C12H26N2. The second-order valence-corrected chi connectivity index (χ2v) is 5.12. The molecule has 0 amide bonds. The summed E-state index contributed by atoms with van der Waals surface area (Å²) >= 11 is 0. The molecule has 1 aliphatic rings. The van der Waals surface area contributed by atoms with Gasteiger partial charge in [-0.15, -0.1) is 0 Å². The molecule has 1 aliphatic heterocycles. The van der Waals surface area contributed by atoms with Crippen LogP contribution in [0.25, 0.3) is 0 Å². The van der Waals surface area contributed by atoms with Crippen molar-refractivity contribution in [2.45, 2.75) is 52.1 Å². The largest absolute Gasteiger partial charge is 0.311 e. The van der Waals surface area contributed by atoms with Gasteiger partial charge in [-0.2, -0.15) is 0 Å². The van der Waals surface area contributed by atoms with Gasteiger partial charge in [-0.05, 0) is 25.8 Å². The molecule has 14 heavy (non-hydrogen) atoms. The fourth-order valence-corrected chi connectivity index (χ4v) is 2.37. The van der Waals surface area contributed by atoms with Crippen LogP contribution < -0.4 is 5.32 Å². The van der Waals surface area contributed by atoms with Gasteiger partial charge in [-0.25, -0.2) is 0 Å². The molecule has 0 aromatic carbocycles. The molecule has 2 nitrogen and oxygen atoms in total. The Morgan fingerprint density at radius 3 is 2.64 bits per heavy atom. The summed E-state index contributed by atoms with van der Waals surface area (Å²) in [6, 6.07) is 1.48. The SMILES string of the molecule is CCCC1CN(C)C(CC(C)C)CN1. The first-order valence-corrected chi connectivity index (χ1v) is 6.07. The van der Waals surface area contributed by atoms with Crippen molar-refractivity contribution >= 4 is 0 Å². The van der Waals surface area contributed by atoms with Gasteiger partial charge in [0.1, 0.15) is 0 Å². The van der Waals surface area contributed by atoms with Crippen molar-refractivity contribution in [1.29, 1.82) is 0 Å². The van der Waals surface area contributed by atoms with Gasteiger partial charge < -0.3 is 10.2 Å². The van der Waals surface area contributed by atoms with Crippen molar-refractivity contribution in [2.24, 2.45) is 5.92 Å². The highest BCUT2D eigenvalue weighted by Gasteiger charge is 2.24. The van der Waals surface area contributed by atoms with Crippen LogP contribution in [0.4, 0.5) is 0 Å². The number of piperazine rings is 1. The van der Waals surface area contributed by atoms with Crippen LogP contribution in [0.5, 0.6) is 0 Å². The van der Waals surface area contributed by atoms with Crippen LogP contribution in [0, 0.1) is 5.92 Å². The molecule has 0 aliphatic carbocycles. The predicted molar refractivity (Wildman–Crippen MR) is 62.6 cm³/mol. The average molecular weight is 198 g/mol. The summed E-state index contributed by atoms with van der Waals surface area (Å²) in [6.45, 7) is 9.30. The summed E-state index contributed by atoms with van der Waals surface area (Å²) < 4.78 is 0. The average Bonchev–Trinajstić information content (AvgIpc) is 2.10. The smallest absolute Gasteiger partial charge is 0.0220 e. The van der Waals surface area contributed by atoms with E-state index in [-0.39, 0.29) is 0 Å². The van der Waals surface area contributed by atoms with Crippen LogP contribution in [0.3, 0.4) is 0 Å². The van der Waals surface area contributed by atoms with E-state index in [1.807, 2.05) is 0 Å². The number of nitrogens with zero attached hydrogens (tertiary/aromatic N) is 1. The van der Waals surface area contributed by atoms with Crippen LogP contribution in [0.1, 0.15) is 40.0 Å². The normalized spacial score (nSPS) is 29.8. The Morgan fingerprint density at radius 2 is 2.14 bits per heavy atom. The maximum absolute atomic E-state index is 3.66. The molecule has 1 N–H and O–H groups in total. The molecular weight excluding hydrogens is 172 g/mol. The summed E-state index contributed by atoms with van der Waals surface area (Å²) in [6.07, 6.45) is 3.93. The highest BCUT2D eigenvalue weighted by molar-refractivity contribution is 4.84. The number of likely N-dealkylation sites (N-methyl/N-ethyl adjacent to an activating group) is 1. The Balaban J connectivity index is 2.32. The number of hydrogen-bond acceptors (Lipinski definition) is 2. The topological polar surface area (TPSA) is 15.3 Å². The van der Waals surface area contributed by atoms with Gasteiger partial charge in [-0.3, -0.25) is 0 Å². The van der Waals surface area contributed by atoms with E-state index in [0.29, 0.717) is 0 Å². The van der Waals surface area contributed by atoms with Gasteiger partial charge >= 0.3 is 0 Å². The highest BCUT2D eigenvalue weighted by atomic mass is 15.2. The highest BCUT2D eigenvalue weighted by Crippen LogP contribution is 2.15. The zero-order valence-corrected chi connectivity index (χ0v) is 10.2. The Labute approximate surface area is 89.1 Å². The summed E-state index contributed by atoms with van der Waals surface area (Å²) in [5.41, 5.74) is 0. The van der Waals surface area contributed by atoms with Crippen LogP contribution in [0.15, 0.2) is 0 Å². The standard InChI is InChI=1S/C12H26N2/c1-5-6-11-9-14(4)12(8-13-11)7-10(2)3/h10-13H,5-9H2,1-4H3. The molecule has 0 bridgehead atoms. The molecule has 1 saturated heterocycles. The van der Waals surface area contributed by atoms with Crippen molar-refractivity contribution < 1.29 is 0 Å². The first-order valence-electron chi connectivity index (χ1n) is 6.07. The first-order chi connectivity index (χ1) is 6.63. The molecule has 0 aromatic heterocycles. The molecule has 0 saturated carbocycles. The lowest BCUT2D eigenvalue weighted by molar-refractivity contribution is 0.140. The van der Waals surface area contributed by atoms with Crippen LogP contribution in [-0.2, 0) is 0 Å². The Bertz CT molecular complexity index is 156. The minimum absolute atomic E-state index is 0.730. The van der Waals surface area contributed by atoms with Crippen molar-refractivity contribution in [1.82, 2.24) is 10.2 Å². The third kappa shape index (κ3) is 3.58. The quantitative estimate of drug-likeness (QED) is 0.744. The van der Waals surface area contributed by atoms with E-state index in [1.165, 1.54) is 32.4 Å². The molecule has 0 radical (unpaired) electrons. The Hall–Kier alpha value is -0.0800. The van der Waals surface area contributed by atoms with Crippen LogP contribution in [0.2, 0.25) is 0 Å². The van der Waals surface area contributed by atoms with Crippen molar-refractivity contribution in [3.63, 3.8) is 0 Å². The van der Waals surface area contributed by atoms with Gasteiger partial charge in [0.15, 0.2) is 0 Å². The molecule has 84 valence electrons. The molecule has 1 fully saturated rings. The van der Waals surface area contributed by atoms with E-state index in [0.717, 1.165) is 18.0 Å². The molecule has 2 heteroatoms. The van der Waals surface area contributed by atoms with Gasteiger partial charge in [0, 0.05) is 25.2 Å². The van der Waals surface area contributed by atoms with Crippen molar-refractivity contribution in [3.8, 4) is 0 Å². The van der Waals surface area contributed by atoms with E-state index in [2.05, 4.69) is 38.0 Å². The van der Waals surface area contributed by atoms with Crippen LogP contribution in [-0.4, -0.2) is 37.1 Å². The maximum Gasteiger partial charge on any atom is 0.0220 e. The zero-order valence-electron chi connectivity index (χ0n) is 10.2. The summed E-state index contributed by atoms with van der Waals surface area (Å²) in [5.74, 6) is 0.812. The lowest BCUT2D eigenvalue weighted by atomic mass is 9.98. The second kappa shape index (κ2) is 5.72. The number of hydrogen-bond donors (Lipinski definition) is 1. The number of rotatable bonds is 4. The zero-order chi connectivity index (χ0) is 10.6. The lowest BCUT2D eigenvalue weighted by Gasteiger charge is -2.39. The van der Waals surface area contributed by atoms with Crippen molar-refractivity contribution in [2.75, 3.05) is 20.1 Å². The summed E-state index contributed by atoms with van der Waals surface area (Å²) in [4.78, 5) is 2.54. The summed E-state index contributed by atoms with van der Waals surface area (Å²) in [5, 5.41) is 3.66. The minimum Gasteiger partial charge on any atom is -0.311 e. The molecule has 0 aromatic rings. The Kier molecular flexibility index (Phi) is 4.90. The van der Waals surface area contributed by atoms with E-state index in [4.69, 9.17) is 0 Å². The lowest BCUT2D eigenvalue weighted by Crippen LogP contribution is -2.55. The first kappa shape index (κ1) is 12.0. The van der Waals surface area contributed by atoms with E-state index in [9.17, 15) is 0 Å². The summed E-state index contributed by atoms with van der Waals surface area (Å²) in [7, 11) is 2.27. The van der Waals surface area contributed by atoms with Crippen LogP contribution >= 0.6 is 0 Å². The molecule has 1 rings (SSSR count). The second-order valence-electron chi connectivity index (χ2n) is 5.12. The Morgan fingerprint density at radius 1 is 1.43 bits per heavy atom. The van der Waals surface area contributed by atoms with E-state index >= 15 is 0 Å². The third-order valence-electron chi connectivity index (χ3n) is 3.15. The van der Waals surface area contributed by atoms with Crippen molar-refractivity contribution in [3.05, 3.63) is 0 Å². The third-order valence-corrected chi connectivity index (χ3v) is 3.15. The monoisotopic (exact) mass is 198 g/mol.